The Bertz CT molecular complexity index is 478. The molecular formula is C12H17ClN4O3. The molecule has 1 aromatic rings. The van der Waals surface area contributed by atoms with Crippen molar-refractivity contribution in [3.05, 3.63) is 17.0 Å². The monoisotopic (exact) mass is 300 g/mol. The number of ether oxygens (including phenoxy) is 1. The van der Waals surface area contributed by atoms with E-state index < -0.39 is 5.97 Å². The van der Waals surface area contributed by atoms with Crippen LogP contribution in [0.1, 0.15) is 10.5 Å². The van der Waals surface area contributed by atoms with Crippen LogP contribution in [0.25, 0.3) is 0 Å². The van der Waals surface area contributed by atoms with Gasteiger partial charge in [-0.25, -0.2) is 14.8 Å². The topological polar surface area (TPSA) is 78.8 Å². The Morgan fingerprint density at radius 2 is 2.10 bits per heavy atom. The van der Waals surface area contributed by atoms with Crippen molar-refractivity contribution in [3.63, 3.8) is 0 Å². The molecule has 0 aliphatic carbocycles. The molecule has 0 bridgehead atoms. The number of hydrogen-bond donors (Lipinski definition) is 1. The van der Waals surface area contributed by atoms with Crippen LogP contribution in [0.4, 0.5) is 5.82 Å². The molecule has 2 heterocycles. The predicted molar refractivity (Wildman–Crippen MR) is 74.5 cm³/mol. The van der Waals surface area contributed by atoms with E-state index in [1.807, 2.05) is 4.90 Å². The summed E-state index contributed by atoms with van der Waals surface area (Å²) >= 11 is 5.77. The fraction of sp³-hybridized carbons (Fsp3) is 0.583. The zero-order valence-electron chi connectivity index (χ0n) is 11.3. The molecule has 7 nitrogen and oxygen atoms in total. The zero-order valence-corrected chi connectivity index (χ0v) is 12.0. The number of carboxylic acids is 1. The number of carboxylic acid groups (broad SMARTS) is 1. The summed E-state index contributed by atoms with van der Waals surface area (Å²) in [5.74, 6) is -0.539. The normalized spacial score (nSPS) is 16.4. The summed E-state index contributed by atoms with van der Waals surface area (Å²) in [6, 6.07) is 1.46. The standard InChI is InChI=1S/C12H17ClN4O3/c1-20-7-6-16-2-4-17(5-3-16)10-8-9(11(18)19)14-12(13)15-10/h8H,2-7H2,1H3,(H,18,19). The quantitative estimate of drug-likeness (QED) is 0.798. The first-order valence-electron chi connectivity index (χ1n) is 6.34. The van der Waals surface area contributed by atoms with E-state index in [-0.39, 0.29) is 11.0 Å². The number of hydrogen-bond acceptors (Lipinski definition) is 6. The maximum atomic E-state index is 11.0. The summed E-state index contributed by atoms with van der Waals surface area (Å²) in [5.41, 5.74) is -0.0817. The lowest BCUT2D eigenvalue weighted by atomic mass is 10.3. The summed E-state index contributed by atoms with van der Waals surface area (Å²) in [6.45, 7) is 4.92. The van der Waals surface area contributed by atoms with Crippen molar-refractivity contribution >= 4 is 23.4 Å². The van der Waals surface area contributed by atoms with Crippen molar-refractivity contribution in [3.8, 4) is 0 Å². The molecule has 0 atom stereocenters. The van der Waals surface area contributed by atoms with Crippen LogP contribution >= 0.6 is 11.6 Å². The first-order chi connectivity index (χ1) is 9.60. The van der Waals surface area contributed by atoms with E-state index in [2.05, 4.69) is 14.9 Å². The van der Waals surface area contributed by atoms with E-state index in [1.165, 1.54) is 6.07 Å². The summed E-state index contributed by atoms with van der Waals surface area (Å²) in [7, 11) is 1.69. The van der Waals surface area contributed by atoms with Crippen LogP contribution in [-0.2, 0) is 4.74 Å². The number of halogens is 1. The Morgan fingerprint density at radius 1 is 1.40 bits per heavy atom. The molecule has 1 fully saturated rings. The number of aromatic carboxylic acids is 1. The van der Waals surface area contributed by atoms with Gasteiger partial charge in [0.25, 0.3) is 0 Å². The van der Waals surface area contributed by atoms with Gasteiger partial charge in [-0.1, -0.05) is 0 Å². The van der Waals surface area contributed by atoms with Crippen molar-refractivity contribution in [2.45, 2.75) is 0 Å². The van der Waals surface area contributed by atoms with Gasteiger partial charge >= 0.3 is 5.97 Å². The number of aromatic nitrogens is 2. The Hall–Kier alpha value is -1.44. The third-order valence-corrected chi connectivity index (χ3v) is 3.38. The molecule has 1 aliphatic heterocycles. The summed E-state index contributed by atoms with van der Waals surface area (Å²) in [5, 5.41) is 8.94. The number of nitrogens with zero attached hydrogens (tertiary/aromatic N) is 4. The van der Waals surface area contributed by atoms with Crippen LogP contribution in [-0.4, -0.2) is 72.4 Å². The number of piperazine rings is 1. The highest BCUT2D eigenvalue weighted by Gasteiger charge is 2.20. The fourth-order valence-electron chi connectivity index (χ4n) is 2.10. The maximum absolute atomic E-state index is 11.0. The lowest BCUT2D eigenvalue weighted by Gasteiger charge is -2.35. The molecule has 20 heavy (non-hydrogen) atoms. The SMILES string of the molecule is COCCN1CCN(c2cc(C(=O)O)nc(Cl)n2)CC1. The Balaban J connectivity index is 2.01. The highest BCUT2D eigenvalue weighted by atomic mass is 35.5. The van der Waals surface area contributed by atoms with Gasteiger partial charge in [0.15, 0.2) is 5.69 Å². The molecule has 0 saturated carbocycles. The molecule has 0 unspecified atom stereocenters. The van der Waals surface area contributed by atoms with Gasteiger partial charge in [0, 0.05) is 45.9 Å². The average Bonchev–Trinajstić information content (AvgIpc) is 2.45. The Morgan fingerprint density at radius 3 is 2.70 bits per heavy atom. The smallest absolute Gasteiger partial charge is 0.354 e. The molecular weight excluding hydrogens is 284 g/mol. The third kappa shape index (κ3) is 3.78. The Labute approximate surface area is 122 Å². The maximum Gasteiger partial charge on any atom is 0.354 e. The number of rotatable bonds is 5. The van der Waals surface area contributed by atoms with Gasteiger partial charge in [0.05, 0.1) is 6.61 Å². The molecule has 1 saturated heterocycles. The molecule has 2 rings (SSSR count). The van der Waals surface area contributed by atoms with Gasteiger partial charge < -0.3 is 14.7 Å². The molecule has 0 radical (unpaired) electrons. The minimum Gasteiger partial charge on any atom is -0.477 e. The van der Waals surface area contributed by atoms with Crippen molar-refractivity contribution in [1.29, 1.82) is 0 Å². The van der Waals surface area contributed by atoms with Crippen molar-refractivity contribution < 1.29 is 14.6 Å². The second-order valence-electron chi connectivity index (χ2n) is 4.51. The Kier molecular flexibility index (Phi) is 5.11. The molecule has 0 spiro atoms. The molecule has 0 amide bonds. The summed E-state index contributed by atoms with van der Waals surface area (Å²) < 4.78 is 5.06. The van der Waals surface area contributed by atoms with Gasteiger partial charge in [0.1, 0.15) is 5.82 Å². The average molecular weight is 301 g/mol. The zero-order chi connectivity index (χ0) is 14.5. The summed E-state index contributed by atoms with van der Waals surface area (Å²) in [4.78, 5) is 23.1. The number of methoxy groups -OCH3 is 1. The van der Waals surface area contributed by atoms with E-state index in [0.29, 0.717) is 12.4 Å². The van der Waals surface area contributed by atoms with Crippen LogP contribution in [0, 0.1) is 0 Å². The number of anilines is 1. The van der Waals surface area contributed by atoms with Gasteiger partial charge in [-0.15, -0.1) is 0 Å². The minimum absolute atomic E-state index is 0.0401. The van der Waals surface area contributed by atoms with Gasteiger partial charge in [-0.2, -0.15) is 0 Å². The summed E-state index contributed by atoms with van der Waals surface area (Å²) in [6.07, 6.45) is 0. The molecule has 8 heteroatoms. The van der Waals surface area contributed by atoms with E-state index in [9.17, 15) is 4.79 Å². The fourth-order valence-corrected chi connectivity index (χ4v) is 2.28. The lowest BCUT2D eigenvalue weighted by Crippen LogP contribution is -2.47. The van der Waals surface area contributed by atoms with Crippen molar-refractivity contribution in [2.75, 3.05) is 51.3 Å². The van der Waals surface area contributed by atoms with Crippen LogP contribution in [0.3, 0.4) is 0 Å². The first-order valence-corrected chi connectivity index (χ1v) is 6.72. The van der Waals surface area contributed by atoms with Gasteiger partial charge in [-0.05, 0) is 11.6 Å². The highest BCUT2D eigenvalue weighted by Crippen LogP contribution is 2.17. The second kappa shape index (κ2) is 6.83. The predicted octanol–water partition coefficient (Wildman–Crippen LogP) is 0.597. The molecule has 1 N–H and O–H groups in total. The van der Waals surface area contributed by atoms with Crippen LogP contribution in [0.15, 0.2) is 6.07 Å². The minimum atomic E-state index is -1.10. The third-order valence-electron chi connectivity index (χ3n) is 3.21. The molecule has 0 aromatic carbocycles. The van der Waals surface area contributed by atoms with Gasteiger partial charge in [0.2, 0.25) is 5.28 Å². The molecule has 1 aromatic heterocycles. The van der Waals surface area contributed by atoms with Crippen LogP contribution < -0.4 is 4.90 Å². The number of carbonyl (C=O) groups is 1. The highest BCUT2D eigenvalue weighted by molar-refractivity contribution is 6.28. The van der Waals surface area contributed by atoms with Crippen molar-refractivity contribution in [1.82, 2.24) is 14.9 Å². The van der Waals surface area contributed by atoms with E-state index >= 15 is 0 Å². The van der Waals surface area contributed by atoms with Gasteiger partial charge in [-0.3, -0.25) is 4.90 Å². The van der Waals surface area contributed by atoms with Crippen molar-refractivity contribution in [2.24, 2.45) is 0 Å². The first kappa shape index (κ1) is 15.0. The largest absolute Gasteiger partial charge is 0.477 e. The molecule has 110 valence electrons. The van der Waals surface area contributed by atoms with E-state index in [1.54, 1.807) is 7.11 Å². The molecule has 1 aliphatic rings. The van der Waals surface area contributed by atoms with E-state index in [0.717, 1.165) is 32.7 Å². The van der Waals surface area contributed by atoms with E-state index in [4.69, 9.17) is 21.4 Å². The lowest BCUT2D eigenvalue weighted by molar-refractivity contribution is 0.0690. The van der Waals surface area contributed by atoms with Crippen LogP contribution in [0.2, 0.25) is 5.28 Å². The second-order valence-corrected chi connectivity index (χ2v) is 4.85. The van der Waals surface area contributed by atoms with Crippen LogP contribution in [0.5, 0.6) is 0 Å².